The van der Waals surface area contributed by atoms with E-state index >= 15 is 0 Å². The van der Waals surface area contributed by atoms with Gasteiger partial charge in [-0.3, -0.25) is 0 Å². The Morgan fingerprint density at radius 1 is 1.19 bits per heavy atom. The molecular formula is C21H27N7O2S. The highest BCUT2D eigenvalue weighted by atomic mass is 32.2. The lowest BCUT2D eigenvalue weighted by atomic mass is 10.1. The molecule has 1 aliphatic carbocycles. The third kappa shape index (κ3) is 4.59. The summed E-state index contributed by atoms with van der Waals surface area (Å²) >= 11 is 0. The van der Waals surface area contributed by atoms with Gasteiger partial charge in [0.2, 0.25) is 0 Å². The number of nitrogens with zero attached hydrogens (tertiary/aromatic N) is 4. The number of anilines is 4. The second kappa shape index (κ2) is 7.69. The lowest BCUT2D eigenvalue weighted by Gasteiger charge is -2.22. The van der Waals surface area contributed by atoms with Gasteiger partial charge in [-0.15, -0.1) is 0 Å². The van der Waals surface area contributed by atoms with Crippen molar-refractivity contribution in [2.75, 3.05) is 34.9 Å². The number of hydrogen-bond donors (Lipinski definition) is 3. The Kier molecular flexibility index (Phi) is 4.98. The largest absolute Gasteiger partial charge is 0.370 e. The Morgan fingerprint density at radius 2 is 2.03 bits per heavy atom. The van der Waals surface area contributed by atoms with Gasteiger partial charge < -0.3 is 21.3 Å². The molecule has 2 aromatic heterocycles. The van der Waals surface area contributed by atoms with E-state index in [0.29, 0.717) is 11.9 Å². The number of hydrogen-bond acceptors (Lipinski definition) is 8. The number of rotatable bonds is 7. The summed E-state index contributed by atoms with van der Waals surface area (Å²) in [6.45, 7) is 1.57. The van der Waals surface area contributed by atoms with Crippen LogP contribution < -0.4 is 21.3 Å². The van der Waals surface area contributed by atoms with Crippen LogP contribution in [0.4, 0.5) is 23.0 Å². The van der Waals surface area contributed by atoms with Crippen molar-refractivity contribution in [3.63, 3.8) is 0 Å². The zero-order valence-electron chi connectivity index (χ0n) is 17.5. The molecule has 2 fully saturated rings. The SMILES string of the molecule is CS(=O)(=O)Cc1cc(Nc2cc(NC3CC3)n3nccc3n2)ccc1N1CC[C@@H](N)C1. The average molecular weight is 442 g/mol. The minimum absolute atomic E-state index is 0.0207. The molecule has 1 aliphatic heterocycles. The highest BCUT2D eigenvalue weighted by Gasteiger charge is 2.24. The highest BCUT2D eigenvalue weighted by molar-refractivity contribution is 7.89. The Balaban J connectivity index is 1.46. The topological polar surface area (TPSA) is 118 Å². The predicted molar refractivity (Wildman–Crippen MR) is 123 cm³/mol. The molecule has 1 atom stereocenters. The number of fused-ring (bicyclic) bond motifs is 1. The van der Waals surface area contributed by atoms with Crippen molar-refractivity contribution < 1.29 is 8.42 Å². The average Bonchev–Trinajstić information content (AvgIpc) is 3.19. The minimum atomic E-state index is -3.19. The van der Waals surface area contributed by atoms with Gasteiger partial charge in [-0.25, -0.2) is 13.4 Å². The molecule has 2 aliphatic rings. The third-order valence-electron chi connectivity index (χ3n) is 5.62. The van der Waals surface area contributed by atoms with Gasteiger partial charge in [-0.05, 0) is 43.0 Å². The zero-order chi connectivity index (χ0) is 21.6. The Labute approximate surface area is 181 Å². The van der Waals surface area contributed by atoms with Gasteiger partial charge in [0.25, 0.3) is 0 Å². The van der Waals surface area contributed by atoms with Gasteiger partial charge in [0.15, 0.2) is 15.5 Å². The highest BCUT2D eigenvalue weighted by Crippen LogP contribution is 2.31. The summed E-state index contributed by atoms with van der Waals surface area (Å²) in [5.41, 5.74) is 9.30. The van der Waals surface area contributed by atoms with Crippen LogP contribution in [0.2, 0.25) is 0 Å². The first-order chi connectivity index (χ1) is 14.8. The summed E-state index contributed by atoms with van der Waals surface area (Å²) in [7, 11) is -3.19. The molecule has 3 heterocycles. The molecule has 0 bridgehead atoms. The summed E-state index contributed by atoms with van der Waals surface area (Å²) < 4.78 is 25.9. The summed E-state index contributed by atoms with van der Waals surface area (Å²) in [4.78, 5) is 6.81. The fraction of sp³-hybridized carbons (Fsp3) is 0.429. The smallest absolute Gasteiger partial charge is 0.159 e. The number of sulfone groups is 1. The van der Waals surface area contributed by atoms with Crippen molar-refractivity contribution in [3.8, 4) is 0 Å². The fourth-order valence-corrected chi connectivity index (χ4v) is 4.84. The van der Waals surface area contributed by atoms with Crippen LogP contribution in [0.15, 0.2) is 36.5 Å². The lowest BCUT2D eigenvalue weighted by Crippen LogP contribution is -2.27. The molecule has 1 saturated heterocycles. The molecule has 1 saturated carbocycles. The van der Waals surface area contributed by atoms with Crippen LogP contribution in [-0.2, 0) is 15.6 Å². The Hall–Kier alpha value is -2.85. The molecule has 31 heavy (non-hydrogen) atoms. The van der Waals surface area contributed by atoms with E-state index < -0.39 is 9.84 Å². The Morgan fingerprint density at radius 3 is 2.74 bits per heavy atom. The minimum Gasteiger partial charge on any atom is -0.370 e. The molecule has 4 N–H and O–H groups in total. The van der Waals surface area contributed by atoms with Gasteiger partial charge in [-0.2, -0.15) is 9.61 Å². The maximum Gasteiger partial charge on any atom is 0.159 e. The predicted octanol–water partition coefficient (Wildman–Crippen LogP) is 2.13. The first-order valence-electron chi connectivity index (χ1n) is 10.5. The standard InChI is InChI=1S/C21H27N7O2S/c1-31(29,30)13-14-10-17(4-5-18(14)27-9-7-15(22)12-27)24-19-11-21(25-16-2-3-16)28-20(26-19)6-8-23-28/h4-6,8,10-11,15-16,25H,2-3,7,9,12-13,22H2,1H3,(H,24,26)/t15-/m1/s1. The van der Waals surface area contributed by atoms with E-state index in [1.807, 2.05) is 30.3 Å². The molecule has 1 aromatic carbocycles. The van der Waals surface area contributed by atoms with Crippen molar-refractivity contribution >= 4 is 38.5 Å². The van der Waals surface area contributed by atoms with E-state index in [1.54, 1.807) is 10.7 Å². The van der Waals surface area contributed by atoms with Crippen LogP contribution in [0.5, 0.6) is 0 Å². The summed E-state index contributed by atoms with van der Waals surface area (Å²) in [5, 5.41) is 11.2. The molecule has 3 aromatic rings. The van der Waals surface area contributed by atoms with Crippen LogP contribution in [-0.4, -0.2) is 54.4 Å². The van der Waals surface area contributed by atoms with E-state index in [9.17, 15) is 8.42 Å². The van der Waals surface area contributed by atoms with Crippen molar-refractivity contribution in [1.29, 1.82) is 0 Å². The fourth-order valence-electron chi connectivity index (χ4n) is 4.04. The number of nitrogens with two attached hydrogens (primary N) is 1. The van der Waals surface area contributed by atoms with Gasteiger partial charge in [0.1, 0.15) is 11.6 Å². The van der Waals surface area contributed by atoms with Crippen LogP contribution in [0, 0.1) is 0 Å². The molecule has 0 unspecified atom stereocenters. The second-order valence-corrected chi connectivity index (χ2v) is 10.7. The molecule has 164 valence electrons. The molecule has 10 heteroatoms. The van der Waals surface area contributed by atoms with Gasteiger partial charge in [0.05, 0.1) is 11.9 Å². The van der Waals surface area contributed by atoms with Gasteiger partial charge in [0, 0.05) is 54.9 Å². The van der Waals surface area contributed by atoms with E-state index in [4.69, 9.17) is 5.73 Å². The summed E-state index contributed by atoms with van der Waals surface area (Å²) in [6.07, 6.45) is 6.21. The first kappa shape index (κ1) is 20.1. The molecule has 5 rings (SSSR count). The number of aromatic nitrogens is 3. The first-order valence-corrected chi connectivity index (χ1v) is 12.6. The lowest BCUT2D eigenvalue weighted by molar-refractivity contribution is 0.601. The molecule has 0 spiro atoms. The van der Waals surface area contributed by atoms with Crippen LogP contribution >= 0.6 is 0 Å². The van der Waals surface area contributed by atoms with Crippen molar-refractivity contribution in [2.24, 2.45) is 5.73 Å². The van der Waals surface area contributed by atoms with E-state index in [1.165, 1.54) is 6.26 Å². The quantitative estimate of drug-likeness (QED) is 0.510. The summed E-state index contributed by atoms with van der Waals surface area (Å²) in [5.74, 6) is 1.55. The summed E-state index contributed by atoms with van der Waals surface area (Å²) in [6, 6.07) is 10.2. The zero-order valence-corrected chi connectivity index (χ0v) is 18.3. The monoisotopic (exact) mass is 441 g/mol. The maximum absolute atomic E-state index is 12.1. The van der Waals surface area contributed by atoms with Crippen molar-refractivity contribution in [2.45, 2.75) is 37.1 Å². The normalized spacial score (nSPS) is 19.2. The van der Waals surface area contributed by atoms with Crippen LogP contribution in [0.1, 0.15) is 24.8 Å². The number of nitrogens with one attached hydrogen (secondary N) is 2. The van der Waals surface area contributed by atoms with E-state index in [2.05, 4.69) is 25.6 Å². The van der Waals surface area contributed by atoms with E-state index in [0.717, 1.165) is 60.8 Å². The molecular weight excluding hydrogens is 414 g/mol. The second-order valence-electron chi connectivity index (χ2n) is 8.58. The molecule has 0 amide bonds. The van der Waals surface area contributed by atoms with Crippen molar-refractivity contribution in [1.82, 2.24) is 14.6 Å². The molecule has 9 nitrogen and oxygen atoms in total. The van der Waals surface area contributed by atoms with Crippen LogP contribution in [0.25, 0.3) is 5.65 Å². The van der Waals surface area contributed by atoms with Gasteiger partial charge >= 0.3 is 0 Å². The number of benzene rings is 1. The van der Waals surface area contributed by atoms with Crippen LogP contribution in [0.3, 0.4) is 0 Å². The van der Waals surface area contributed by atoms with Gasteiger partial charge in [-0.1, -0.05) is 0 Å². The van der Waals surface area contributed by atoms with E-state index in [-0.39, 0.29) is 11.8 Å². The molecule has 0 radical (unpaired) electrons. The Bertz CT molecular complexity index is 1220. The van der Waals surface area contributed by atoms with Crippen molar-refractivity contribution in [3.05, 3.63) is 42.1 Å². The maximum atomic E-state index is 12.1. The third-order valence-corrected chi connectivity index (χ3v) is 6.46.